The average Bonchev–Trinajstić information content (AvgIpc) is 2.91. The summed E-state index contributed by atoms with van der Waals surface area (Å²) in [4.78, 5) is 38.8. The maximum Gasteiger partial charge on any atom is 0.332 e. The fourth-order valence-electron chi connectivity index (χ4n) is 4.62. The maximum absolute atomic E-state index is 14.1. The van der Waals surface area contributed by atoms with Crippen LogP contribution in [0.5, 0.6) is 0 Å². The molecule has 184 valence electrons. The lowest BCUT2D eigenvalue weighted by Crippen LogP contribution is -2.42. The SMILES string of the molecule is O=C(O)Cc1ccc(Cn2c(=O)c3cc(Br)ccc3n(C(c3ccccc3)c3ccccc3)c2=O)cc1. The summed E-state index contributed by atoms with van der Waals surface area (Å²) < 4.78 is 3.68. The quantitative estimate of drug-likeness (QED) is 0.298. The minimum atomic E-state index is -0.917. The van der Waals surface area contributed by atoms with Crippen molar-refractivity contribution in [1.29, 1.82) is 0 Å². The van der Waals surface area contributed by atoms with Crippen LogP contribution in [0.4, 0.5) is 0 Å². The molecule has 0 saturated heterocycles. The van der Waals surface area contributed by atoms with E-state index in [-0.39, 0.29) is 18.5 Å². The second-order valence-electron chi connectivity index (χ2n) is 8.82. The zero-order chi connectivity index (χ0) is 25.9. The molecule has 0 aliphatic rings. The number of carbonyl (C=O) groups is 1. The van der Waals surface area contributed by atoms with Crippen LogP contribution in [0.3, 0.4) is 0 Å². The molecule has 5 rings (SSSR count). The molecular weight excluding hydrogens is 532 g/mol. The second-order valence-corrected chi connectivity index (χ2v) is 9.73. The van der Waals surface area contributed by atoms with E-state index in [1.807, 2.05) is 66.7 Å². The number of rotatable bonds is 7. The van der Waals surface area contributed by atoms with Crippen molar-refractivity contribution >= 4 is 32.8 Å². The number of carboxylic acids is 1. The van der Waals surface area contributed by atoms with Gasteiger partial charge in [-0.15, -0.1) is 0 Å². The van der Waals surface area contributed by atoms with Crippen LogP contribution in [0.1, 0.15) is 28.3 Å². The summed E-state index contributed by atoms with van der Waals surface area (Å²) in [5.41, 5.74) is 2.96. The van der Waals surface area contributed by atoms with E-state index in [1.54, 1.807) is 41.0 Å². The predicted molar refractivity (Wildman–Crippen MR) is 147 cm³/mol. The predicted octanol–water partition coefficient (Wildman–Crippen LogP) is 5.24. The largest absolute Gasteiger partial charge is 0.481 e. The maximum atomic E-state index is 14.1. The molecule has 0 spiro atoms. The van der Waals surface area contributed by atoms with Gasteiger partial charge in [-0.25, -0.2) is 4.79 Å². The zero-order valence-electron chi connectivity index (χ0n) is 19.8. The van der Waals surface area contributed by atoms with Crippen LogP contribution in [0.25, 0.3) is 10.9 Å². The van der Waals surface area contributed by atoms with Crippen molar-refractivity contribution in [3.8, 4) is 0 Å². The van der Waals surface area contributed by atoms with E-state index in [0.29, 0.717) is 16.5 Å². The summed E-state index contributed by atoms with van der Waals surface area (Å²) in [5.74, 6) is -0.917. The van der Waals surface area contributed by atoms with Gasteiger partial charge in [-0.2, -0.15) is 0 Å². The minimum Gasteiger partial charge on any atom is -0.481 e. The van der Waals surface area contributed by atoms with E-state index in [9.17, 15) is 14.4 Å². The smallest absolute Gasteiger partial charge is 0.332 e. The first-order valence-corrected chi connectivity index (χ1v) is 12.6. The number of carboxylic acid groups (broad SMARTS) is 1. The number of aromatic nitrogens is 2. The Kier molecular flexibility index (Phi) is 6.88. The van der Waals surface area contributed by atoms with Crippen LogP contribution >= 0.6 is 15.9 Å². The Morgan fingerprint density at radius 3 is 1.92 bits per heavy atom. The van der Waals surface area contributed by atoms with Gasteiger partial charge in [0.15, 0.2) is 0 Å². The minimum absolute atomic E-state index is 0.0593. The van der Waals surface area contributed by atoms with E-state index in [1.165, 1.54) is 4.57 Å². The van der Waals surface area contributed by atoms with Gasteiger partial charge in [0.25, 0.3) is 5.56 Å². The van der Waals surface area contributed by atoms with Crippen molar-refractivity contribution in [3.63, 3.8) is 0 Å². The van der Waals surface area contributed by atoms with Crippen molar-refractivity contribution in [2.24, 2.45) is 0 Å². The highest BCUT2D eigenvalue weighted by Crippen LogP contribution is 2.28. The summed E-state index contributed by atoms with van der Waals surface area (Å²) in [6, 6.07) is 31.4. The topological polar surface area (TPSA) is 81.3 Å². The number of benzene rings is 4. The van der Waals surface area contributed by atoms with E-state index in [0.717, 1.165) is 21.2 Å². The second kappa shape index (κ2) is 10.4. The van der Waals surface area contributed by atoms with Gasteiger partial charge in [-0.3, -0.25) is 18.7 Å². The third kappa shape index (κ3) is 5.04. The molecule has 0 fully saturated rings. The molecule has 0 saturated carbocycles. The Hall–Kier alpha value is -4.23. The Morgan fingerprint density at radius 1 is 0.784 bits per heavy atom. The van der Waals surface area contributed by atoms with Crippen LogP contribution in [-0.4, -0.2) is 20.2 Å². The van der Waals surface area contributed by atoms with Crippen LogP contribution < -0.4 is 11.2 Å². The van der Waals surface area contributed by atoms with Gasteiger partial charge in [-0.1, -0.05) is 101 Å². The number of aliphatic carboxylic acids is 1. The molecule has 0 amide bonds. The standard InChI is InChI=1S/C30H23BrN2O4/c31-24-15-16-26-25(18-24)29(36)32(19-21-13-11-20(12-14-21)17-27(34)35)30(37)33(26)28(22-7-3-1-4-8-22)23-9-5-2-6-10-23/h1-16,18,28H,17,19H2,(H,34,35). The lowest BCUT2D eigenvalue weighted by molar-refractivity contribution is -0.136. The number of hydrogen-bond acceptors (Lipinski definition) is 3. The Balaban J connectivity index is 1.75. The van der Waals surface area contributed by atoms with Gasteiger partial charge < -0.3 is 5.11 Å². The summed E-state index contributed by atoms with van der Waals surface area (Å²) in [5, 5.41) is 9.47. The zero-order valence-corrected chi connectivity index (χ0v) is 21.3. The highest BCUT2D eigenvalue weighted by molar-refractivity contribution is 9.10. The molecule has 0 radical (unpaired) electrons. The molecule has 0 bridgehead atoms. The summed E-state index contributed by atoms with van der Waals surface area (Å²) in [6.07, 6.45) is -0.0904. The van der Waals surface area contributed by atoms with Crippen LogP contribution in [0, 0.1) is 0 Å². The number of fused-ring (bicyclic) bond motifs is 1. The summed E-state index contributed by atoms with van der Waals surface area (Å²) >= 11 is 3.47. The molecule has 1 heterocycles. The van der Waals surface area contributed by atoms with Crippen molar-refractivity contribution in [3.05, 3.63) is 151 Å². The van der Waals surface area contributed by atoms with Crippen LogP contribution in [0.2, 0.25) is 0 Å². The Labute approximate surface area is 221 Å². The van der Waals surface area contributed by atoms with Gasteiger partial charge in [-0.05, 0) is 40.5 Å². The first-order valence-electron chi connectivity index (χ1n) is 11.8. The molecule has 0 atom stereocenters. The van der Waals surface area contributed by atoms with Crippen LogP contribution in [0.15, 0.2) is 117 Å². The molecule has 6 nitrogen and oxygen atoms in total. The molecule has 5 aromatic rings. The Morgan fingerprint density at radius 2 is 1.35 bits per heavy atom. The first kappa shape index (κ1) is 24.5. The fourth-order valence-corrected chi connectivity index (χ4v) is 4.99. The summed E-state index contributed by atoms with van der Waals surface area (Å²) in [6.45, 7) is 0.0593. The Bertz CT molecular complexity index is 1650. The molecule has 1 aromatic heterocycles. The van der Waals surface area contributed by atoms with Gasteiger partial charge in [0, 0.05) is 4.47 Å². The van der Waals surface area contributed by atoms with E-state index < -0.39 is 17.7 Å². The molecule has 0 aliphatic carbocycles. The van der Waals surface area contributed by atoms with Gasteiger partial charge in [0.1, 0.15) is 0 Å². The van der Waals surface area contributed by atoms with Crippen molar-refractivity contribution in [1.82, 2.24) is 9.13 Å². The highest BCUT2D eigenvalue weighted by Gasteiger charge is 2.23. The third-order valence-electron chi connectivity index (χ3n) is 6.34. The first-order chi connectivity index (χ1) is 17.9. The van der Waals surface area contributed by atoms with Crippen molar-refractivity contribution in [2.45, 2.75) is 19.0 Å². The molecular formula is C30H23BrN2O4. The van der Waals surface area contributed by atoms with Crippen LogP contribution in [-0.2, 0) is 17.8 Å². The lowest BCUT2D eigenvalue weighted by Gasteiger charge is -2.24. The number of nitrogens with zero attached hydrogens (tertiary/aromatic N) is 2. The van der Waals surface area contributed by atoms with E-state index in [4.69, 9.17) is 5.11 Å². The average molecular weight is 555 g/mol. The third-order valence-corrected chi connectivity index (χ3v) is 6.83. The monoisotopic (exact) mass is 554 g/mol. The number of halogens is 1. The molecule has 37 heavy (non-hydrogen) atoms. The van der Waals surface area contributed by atoms with E-state index in [2.05, 4.69) is 15.9 Å². The molecule has 1 N–H and O–H groups in total. The summed E-state index contributed by atoms with van der Waals surface area (Å²) in [7, 11) is 0. The fraction of sp³-hybridized carbons (Fsp3) is 0.100. The van der Waals surface area contributed by atoms with E-state index >= 15 is 0 Å². The lowest BCUT2D eigenvalue weighted by atomic mass is 9.98. The normalized spacial score (nSPS) is 11.2. The molecule has 0 aliphatic heterocycles. The highest BCUT2D eigenvalue weighted by atomic mass is 79.9. The van der Waals surface area contributed by atoms with Crippen molar-refractivity contribution < 1.29 is 9.90 Å². The van der Waals surface area contributed by atoms with Gasteiger partial charge in [0.05, 0.1) is 29.9 Å². The van der Waals surface area contributed by atoms with Crippen molar-refractivity contribution in [2.75, 3.05) is 0 Å². The van der Waals surface area contributed by atoms with Gasteiger partial charge >= 0.3 is 11.7 Å². The number of hydrogen-bond donors (Lipinski definition) is 1. The molecule has 7 heteroatoms. The molecule has 0 unspecified atom stereocenters. The van der Waals surface area contributed by atoms with Gasteiger partial charge in [0.2, 0.25) is 0 Å². The molecule has 4 aromatic carbocycles.